The van der Waals surface area contributed by atoms with Crippen LogP contribution in [0.3, 0.4) is 0 Å². The number of methoxy groups -OCH3 is 1. The summed E-state index contributed by atoms with van der Waals surface area (Å²) in [6, 6.07) is 15.6. The number of benzene rings is 2. The molecule has 1 heterocycles. The lowest BCUT2D eigenvalue weighted by Crippen LogP contribution is -2.01. The van der Waals surface area contributed by atoms with E-state index in [0.717, 1.165) is 32.9 Å². The fraction of sp³-hybridized carbons (Fsp3) is 0.118. The third-order valence-corrected chi connectivity index (χ3v) is 3.70. The number of hydrogen-bond donors (Lipinski definition) is 1. The Bertz CT molecular complexity index is 756. The van der Waals surface area contributed by atoms with Crippen LogP contribution >= 0.6 is 11.6 Å². The van der Waals surface area contributed by atoms with Crippen molar-refractivity contribution in [2.24, 2.45) is 0 Å². The minimum Gasteiger partial charge on any atom is -0.497 e. The van der Waals surface area contributed by atoms with Crippen LogP contribution in [0.2, 0.25) is 5.02 Å². The molecule has 0 fully saturated rings. The summed E-state index contributed by atoms with van der Waals surface area (Å²) in [5.74, 6) is 0.846. The molecule has 0 aliphatic carbocycles. The Kier molecular flexibility index (Phi) is 3.93. The molecule has 3 aromatic rings. The van der Waals surface area contributed by atoms with Gasteiger partial charge in [0.2, 0.25) is 0 Å². The lowest BCUT2D eigenvalue weighted by molar-refractivity contribution is 0.415. The number of anilines is 1. The molecule has 0 spiro atoms. The van der Waals surface area contributed by atoms with Gasteiger partial charge in [-0.1, -0.05) is 17.7 Å². The smallest absolute Gasteiger partial charge is 0.119 e. The van der Waals surface area contributed by atoms with Gasteiger partial charge >= 0.3 is 0 Å². The van der Waals surface area contributed by atoms with Gasteiger partial charge in [-0.25, -0.2) is 0 Å². The molecule has 2 aromatic carbocycles. The summed E-state index contributed by atoms with van der Waals surface area (Å²) in [7, 11) is 1.66. The Labute approximate surface area is 128 Å². The van der Waals surface area contributed by atoms with Crippen LogP contribution in [-0.2, 0) is 6.54 Å². The average Bonchev–Trinajstić information content (AvgIpc) is 2.55. The molecule has 3 rings (SSSR count). The Balaban J connectivity index is 1.83. The van der Waals surface area contributed by atoms with Crippen LogP contribution in [0, 0.1) is 0 Å². The zero-order chi connectivity index (χ0) is 14.7. The first-order chi connectivity index (χ1) is 10.3. The number of nitrogens with one attached hydrogen (secondary N) is 1. The average molecular weight is 299 g/mol. The van der Waals surface area contributed by atoms with E-state index in [9.17, 15) is 0 Å². The topological polar surface area (TPSA) is 34.1 Å². The normalized spacial score (nSPS) is 10.6. The second kappa shape index (κ2) is 6.02. The number of ether oxygens (including phenoxy) is 1. The number of hydrogen-bond acceptors (Lipinski definition) is 3. The highest BCUT2D eigenvalue weighted by Crippen LogP contribution is 2.25. The Hall–Kier alpha value is -2.26. The van der Waals surface area contributed by atoms with Gasteiger partial charge in [0.1, 0.15) is 5.75 Å². The summed E-state index contributed by atoms with van der Waals surface area (Å²) in [5, 5.41) is 5.09. The first-order valence-electron chi connectivity index (χ1n) is 6.68. The molecule has 1 N–H and O–H groups in total. The summed E-state index contributed by atoms with van der Waals surface area (Å²) in [6.45, 7) is 0.691. The van der Waals surface area contributed by atoms with Crippen LogP contribution in [0.15, 0.2) is 54.7 Å². The van der Waals surface area contributed by atoms with E-state index in [0.29, 0.717) is 6.54 Å². The van der Waals surface area contributed by atoms with Crippen LogP contribution in [0.25, 0.3) is 10.9 Å². The van der Waals surface area contributed by atoms with Crippen LogP contribution in [0.1, 0.15) is 5.56 Å². The van der Waals surface area contributed by atoms with E-state index in [2.05, 4.69) is 10.3 Å². The predicted octanol–water partition coefficient (Wildman–Crippen LogP) is 4.51. The molecule has 0 saturated heterocycles. The van der Waals surface area contributed by atoms with E-state index in [1.165, 1.54) is 0 Å². The molecular weight excluding hydrogens is 284 g/mol. The van der Waals surface area contributed by atoms with E-state index in [-0.39, 0.29) is 0 Å². The number of aromatic nitrogens is 1. The van der Waals surface area contributed by atoms with Crippen LogP contribution in [0.5, 0.6) is 5.75 Å². The molecule has 0 amide bonds. The molecular formula is C17H15ClN2O. The maximum atomic E-state index is 6.21. The van der Waals surface area contributed by atoms with Crippen molar-refractivity contribution in [1.29, 1.82) is 0 Å². The van der Waals surface area contributed by atoms with E-state index >= 15 is 0 Å². The molecule has 0 bridgehead atoms. The Morgan fingerprint density at radius 1 is 1.10 bits per heavy atom. The minimum absolute atomic E-state index is 0.691. The van der Waals surface area contributed by atoms with E-state index in [1.54, 1.807) is 13.3 Å². The molecule has 0 saturated carbocycles. The molecule has 3 nitrogen and oxygen atoms in total. The number of rotatable bonds is 4. The third-order valence-electron chi connectivity index (χ3n) is 3.37. The summed E-state index contributed by atoms with van der Waals surface area (Å²) >= 11 is 6.21. The zero-order valence-corrected chi connectivity index (χ0v) is 12.4. The molecule has 0 unspecified atom stereocenters. The van der Waals surface area contributed by atoms with Crippen molar-refractivity contribution in [3.05, 3.63) is 65.3 Å². The largest absolute Gasteiger partial charge is 0.497 e. The second-order valence-corrected chi connectivity index (χ2v) is 5.10. The number of halogens is 1. The van der Waals surface area contributed by atoms with Crippen molar-refractivity contribution in [3.8, 4) is 5.75 Å². The highest BCUT2D eigenvalue weighted by atomic mass is 35.5. The van der Waals surface area contributed by atoms with Crippen molar-refractivity contribution in [2.45, 2.75) is 6.54 Å². The number of nitrogens with zero attached hydrogens (tertiary/aromatic N) is 1. The van der Waals surface area contributed by atoms with Crippen molar-refractivity contribution in [3.63, 3.8) is 0 Å². The van der Waals surface area contributed by atoms with E-state index < -0.39 is 0 Å². The van der Waals surface area contributed by atoms with E-state index in [1.807, 2.05) is 48.5 Å². The number of pyridine rings is 1. The van der Waals surface area contributed by atoms with Crippen LogP contribution in [-0.4, -0.2) is 12.1 Å². The highest BCUT2D eigenvalue weighted by molar-refractivity contribution is 6.35. The fourth-order valence-electron chi connectivity index (χ4n) is 2.25. The first kappa shape index (κ1) is 13.7. The summed E-state index contributed by atoms with van der Waals surface area (Å²) in [6.07, 6.45) is 1.79. The van der Waals surface area contributed by atoms with E-state index in [4.69, 9.17) is 16.3 Å². The van der Waals surface area contributed by atoms with Crippen molar-refractivity contribution in [2.75, 3.05) is 12.4 Å². The Morgan fingerprint density at radius 2 is 1.90 bits per heavy atom. The molecule has 0 aliphatic rings. The standard InChI is InChI=1S/C17H15ClN2O/c1-21-14-7-5-13(6-8-14)20-11-12-4-9-16(18)15-3-2-10-19-17(12)15/h2-10,20H,11H2,1H3. The van der Waals surface area contributed by atoms with Gasteiger partial charge in [-0.2, -0.15) is 0 Å². The molecule has 0 atom stereocenters. The van der Waals surface area contributed by atoms with Gasteiger partial charge in [0.05, 0.1) is 12.6 Å². The molecule has 0 aliphatic heterocycles. The van der Waals surface area contributed by atoms with Crippen molar-refractivity contribution < 1.29 is 4.74 Å². The van der Waals surface area contributed by atoms with Crippen LogP contribution in [0.4, 0.5) is 5.69 Å². The molecule has 106 valence electrons. The lowest BCUT2D eigenvalue weighted by atomic mass is 10.1. The predicted molar refractivity (Wildman–Crippen MR) is 87.1 cm³/mol. The molecule has 4 heteroatoms. The van der Waals surface area contributed by atoms with Gasteiger partial charge in [0, 0.05) is 28.8 Å². The summed E-state index contributed by atoms with van der Waals surface area (Å²) in [4.78, 5) is 4.44. The SMILES string of the molecule is COc1ccc(NCc2ccc(Cl)c3cccnc23)cc1. The maximum Gasteiger partial charge on any atom is 0.119 e. The lowest BCUT2D eigenvalue weighted by Gasteiger charge is -2.10. The minimum atomic E-state index is 0.691. The Morgan fingerprint density at radius 3 is 2.67 bits per heavy atom. The molecule has 1 aromatic heterocycles. The second-order valence-electron chi connectivity index (χ2n) is 4.69. The van der Waals surface area contributed by atoms with Gasteiger partial charge in [-0.05, 0) is 48.0 Å². The quantitative estimate of drug-likeness (QED) is 0.769. The molecule has 0 radical (unpaired) electrons. The van der Waals surface area contributed by atoms with Gasteiger partial charge in [-0.15, -0.1) is 0 Å². The third kappa shape index (κ3) is 2.93. The number of fused-ring (bicyclic) bond motifs is 1. The summed E-state index contributed by atoms with van der Waals surface area (Å²) < 4.78 is 5.15. The van der Waals surface area contributed by atoms with Crippen molar-refractivity contribution in [1.82, 2.24) is 4.98 Å². The first-order valence-corrected chi connectivity index (χ1v) is 7.06. The van der Waals surface area contributed by atoms with Gasteiger partial charge in [-0.3, -0.25) is 4.98 Å². The van der Waals surface area contributed by atoms with Crippen molar-refractivity contribution >= 4 is 28.2 Å². The van der Waals surface area contributed by atoms with Crippen LogP contribution < -0.4 is 10.1 Å². The zero-order valence-electron chi connectivity index (χ0n) is 11.6. The monoisotopic (exact) mass is 298 g/mol. The highest BCUT2D eigenvalue weighted by Gasteiger charge is 2.05. The van der Waals surface area contributed by atoms with Gasteiger partial charge in [0.15, 0.2) is 0 Å². The van der Waals surface area contributed by atoms with Gasteiger partial charge < -0.3 is 10.1 Å². The maximum absolute atomic E-state index is 6.21. The molecule has 21 heavy (non-hydrogen) atoms. The van der Waals surface area contributed by atoms with Gasteiger partial charge in [0.25, 0.3) is 0 Å². The summed E-state index contributed by atoms with van der Waals surface area (Å²) in [5.41, 5.74) is 3.09. The fourth-order valence-corrected chi connectivity index (χ4v) is 2.46.